The lowest BCUT2D eigenvalue weighted by Crippen LogP contribution is -2.71. The number of anilines is 1. The maximum absolute atomic E-state index is 13.0. The Kier molecular flexibility index (Phi) is 5.64. The molecule has 0 aliphatic carbocycles. The summed E-state index contributed by atoms with van der Waals surface area (Å²) >= 11 is 1.36. The molecule has 0 aromatic carbocycles. The van der Waals surface area contributed by atoms with E-state index in [-0.39, 0.29) is 29.7 Å². The molecule has 1 saturated heterocycles. The number of oxime groups is 1. The zero-order valence-electron chi connectivity index (χ0n) is 18.2. The van der Waals surface area contributed by atoms with Crippen molar-refractivity contribution in [3.8, 4) is 0 Å². The lowest BCUT2D eigenvalue weighted by molar-refractivity contribution is -0.687. The monoisotopic (exact) mass is 499 g/mol. The van der Waals surface area contributed by atoms with Gasteiger partial charge in [-0.2, -0.15) is 4.98 Å². The largest absolute Gasteiger partial charge is 0.477 e. The smallest absolute Gasteiger partial charge is 0.352 e. The molecular formula is C21H19N6O7S+. The maximum atomic E-state index is 13.0. The number of thioether (sulfide) groups is 1. The third kappa shape index (κ3) is 3.97. The summed E-state index contributed by atoms with van der Waals surface area (Å²) in [6.45, 7) is 0.279. The number of hydrogen-bond donors (Lipinski definition) is 3. The number of rotatable bonds is 7. The average Bonchev–Trinajstić information content (AvgIpc) is 3.48. The molecule has 180 valence electrons. The third-order valence-electron chi connectivity index (χ3n) is 5.52. The van der Waals surface area contributed by atoms with Crippen molar-refractivity contribution in [3.05, 3.63) is 54.0 Å². The van der Waals surface area contributed by atoms with E-state index in [0.29, 0.717) is 16.9 Å². The van der Waals surface area contributed by atoms with Gasteiger partial charge in [0.2, 0.25) is 0 Å². The van der Waals surface area contributed by atoms with Crippen LogP contribution in [0.25, 0.3) is 11.0 Å². The predicted molar refractivity (Wildman–Crippen MR) is 121 cm³/mol. The number of amides is 2. The fraction of sp³-hybridized carbons (Fsp3) is 0.238. The summed E-state index contributed by atoms with van der Waals surface area (Å²) in [5.74, 6) is -2.14. The summed E-state index contributed by atoms with van der Waals surface area (Å²) in [5.41, 5.74) is 6.46. The molecule has 3 aromatic rings. The van der Waals surface area contributed by atoms with Crippen molar-refractivity contribution in [2.24, 2.45) is 5.16 Å². The standard InChI is InChI=1S/C21H18N6O7S/c1-32-25-14(12-8-34-21(22)23-12)17(28)24-15-18(29)27-16(20(30)31)11(9-35-19(15)27)7-26-4-2-13-10(6-26)3-5-33-13/h2-6,8,15,19H,7,9H2,1H3,(H3-,22,23,24,28,30,31)/p+1/b25-14-/t15?,19-/m1/s1. The van der Waals surface area contributed by atoms with Crippen LogP contribution in [0.3, 0.4) is 0 Å². The Balaban J connectivity index is 1.36. The van der Waals surface area contributed by atoms with Crippen LogP contribution in [0.1, 0.15) is 5.69 Å². The van der Waals surface area contributed by atoms with Crippen molar-refractivity contribution in [1.29, 1.82) is 0 Å². The summed E-state index contributed by atoms with van der Waals surface area (Å²) in [6, 6.07) is 2.48. The second-order valence-corrected chi connectivity index (χ2v) is 8.77. The molecule has 0 spiro atoms. The predicted octanol–water partition coefficient (Wildman–Crippen LogP) is 0.0798. The zero-order valence-corrected chi connectivity index (χ0v) is 19.0. The highest BCUT2D eigenvalue weighted by Crippen LogP contribution is 2.40. The van der Waals surface area contributed by atoms with E-state index in [0.717, 1.165) is 11.6 Å². The molecule has 5 heterocycles. The molecule has 2 amide bonds. The number of carbonyl (C=O) groups excluding carboxylic acids is 2. The number of pyridine rings is 1. The fourth-order valence-corrected chi connectivity index (χ4v) is 5.32. The van der Waals surface area contributed by atoms with Crippen LogP contribution in [-0.4, -0.2) is 62.8 Å². The number of carboxylic acids is 1. The molecule has 35 heavy (non-hydrogen) atoms. The van der Waals surface area contributed by atoms with E-state index in [1.54, 1.807) is 18.5 Å². The van der Waals surface area contributed by atoms with Gasteiger partial charge in [-0.15, -0.1) is 11.8 Å². The highest BCUT2D eigenvalue weighted by Gasteiger charge is 2.54. The maximum Gasteiger partial charge on any atom is 0.352 e. The molecule has 5 rings (SSSR count). The first-order chi connectivity index (χ1) is 16.9. The van der Waals surface area contributed by atoms with E-state index in [1.807, 2.05) is 16.8 Å². The summed E-state index contributed by atoms with van der Waals surface area (Å²) < 4.78 is 12.1. The van der Waals surface area contributed by atoms with Crippen LogP contribution >= 0.6 is 11.8 Å². The molecular weight excluding hydrogens is 480 g/mol. The van der Waals surface area contributed by atoms with Crippen LogP contribution in [0.15, 0.2) is 62.3 Å². The first kappa shape index (κ1) is 22.5. The second-order valence-electron chi connectivity index (χ2n) is 7.67. The SMILES string of the molecule is CO/N=C(\C(=O)NC1C(=O)N2C(C(=O)O)=C(C[n+]3ccc4occc4c3)CS[C@H]12)c1coc(N)n1. The molecule has 0 radical (unpaired) electrons. The van der Waals surface area contributed by atoms with E-state index < -0.39 is 29.2 Å². The summed E-state index contributed by atoms with van der Waals surface area (Å²) in [4.78, 5) is 47.7. The number of oxazole rings is 1. The number of furan rings is 1. The molecule has 1 unspecified atom stereocenters. The van der Waals surface area contributed by atoms with Crippen molar-refractivity contribution >= 4 is 52.2 Å². The first-order valence-electron chi connectivity index (χ1n) is 10.3. The zero-order chi connectivity index (χ0) is 24.7. The van der Waals surface area contributed by atoms with Crippen molar-refractivity contribution in [1.82, 2.24) is 15.2 Å². The first-order valence-corrected chi connectivity index (χ1v) is 11.3. The molecule has 2 aliphatic heterocycles. The number of nitrogen functional groups attached to an aromatic ring is 1. The minimum Gasteiger partial charge on any atom is -0.477 e. The number of fused-ring (bicyclic) bond motifs is 2. The van der Waals surface area contributed by atoms with E-state index in [4.69, 9.17) is 19.4 Å². The lowest BCUT2D eigenvalue weighted by Gasteiger charge is -2.49. The Morgan fingerprint density at radius 3 is 2.97 bits per heavy atom. The van der Waals surface area contributed by atoms with Crippen molar-refractivity contribution in [2.45, 2.75) is 18.0 Å². The van der Waals surface area contributed by atoms with Gasteiger partial charge in [0.25, 0.3) is 17.8 Å². The fourth-order valence-electron chi connectivity index (χ4n) is 3.98. The van der Waals surface area contributed by atoms with Gasteiger partial charge >= 0.3 is 5.97 Å². The van der Waals surface area contributed by atoms with Gasteiger partial charge in [-0.05, 0) is 6.07 Å². The van der Waals surface area contributed by atoms with Gasteiger partial charge in [-0.3, -0.25) is 14.5 Å². The van der Waals surface area contributed by atoms with Crippen LogP contribution < -0.4 is 15.6 Å². The van der Waals surface area contributed by atoms with Crippen LogP contribution in [0.5, 0.6) is 0 Å². The van der Waals surface area contributed by atoms with Gasteiger partial charge in [-0.25, -0.2) is 9.36 Å². The van der Waals surface area contributed by atoms with Gasteiger partial charge in [0.1, 0.15) is 41.8 Å². The molecule has 1 fully saturated rings. The molecule has 4 N–H and O–H groups in total. The number of nitrogens with one attached hydrogen (secondary N) is 1. The van der Waals surface area contributed by atoms with Crippen molar-refractivity contribution in [2.75, 3.05) is 18.6 Å². The topological polar surface area (TPSA) is 177 Å². The lowest BCUT2D eigenvalue weighted by atomic mass is 10.0. The number of nitrogens with two attached hydrogens (primary N) is 1. The average molecular weight is 499 g/mol. The van der Waals surface area contributed by atoms with Crippen LogP contribution in [0.4, 0.5) is 6.01 Å². The summed E-state index contributed by atoms with van der Waals surface area (Å²) in [7, 11) is 1.25. The Labute approximate surface area is 201 Å². The highest BCUT2D eigenvalue weighted by molar-refractivity contribution is 8.00. The van der Waals surface area contributed by atoms with E-state index in [2.05, 4.69) is 15.5 Å². The van der Waals surface area contributed by atoms with E-state index >= 15 is 0 Å². The van der Waals surface area contributed by atoms with Gasteiger partial charge in [0, 0.05) is 17.4 Å². The van der Waals surface area contributed by atoms with Gasteiger partial charge in [-0.1, -0.05) is 5.16 Å². The van der Waals surface area contributed by atoms with Crippen molar-refractivity contribution in [3.63, 3.8) is 0 Å². The Morgan fingerprint density at radius 2 is 2.26 bits per heavy atom. The normalized spacial score (nSPS) is 20.0. The number of nitrogens with zero attached hydrogens (tertiary/aromatic N) is 4. The molecule has 13 nitrogen and oxygen atoms in total. The quantitative estimate of drug-likeness (QED) is 0.175. The van der Waals surface area contributed by atoms with E-state index in [1.165, 1.54) is 23.8 Å². The Hall–Kier alpha value is -4.33. The van der Waals surface area contributed by atoms with Crippen LogP contribution in [0.2, 0.25) is 0 Å². The third-order valence-corrected chi connectivity index (χ3v) is 6.86. The number of carbonyl (C=O) groups is 3. The Morgan fingerprint density at radius 1 is 1.43 bits per heavy atom. The number of carboxylic acid groups (broad SMARTS) is 1. The minimum absolute atomic E-state index is 0.0294. The molecule has 14 heteroatoms. The van der Waals surface area contributed by atoms with Crippen LogP contribution in [-0.2, 0) is 25.8 Å². The number of aliphatic carboxylic acids is 1. The molecule has 3 aromatic heterocycles. The molecule has 2 aliphatic rings. The number of β-lactam (4-membered cyclic amide) rings is 1. The van der Waals surface area contributed by atoms with E-state index in [9.17, 15) is 19.5 Å². The minimum atomic E-state index is -1.21. The van der Waals surface area contributed by atoms with Gasteiger partial charge in [0.15, 0.2) is 24.7 Å². The van der Waals surface area contributed by atoms with Crippen LogP contribution in [0, 0.1) is 0 Å². The molecule has 2 atom stereocenters. The number of aromatic nitrogens is 2. The second kappa shape index (κ2) is 8.79. The highest BCUT2D eigenvalue weighted by atomic mass is 32.2. The summed E-state index contributed by atoms with van der Waals surface area (Å²) in [5, 5.41) is 16.4. The molecule has 0 saturated carbocycles. The number of hydrogen-bond acceptors (Lipinski definition) is 10. The van der Waals surface area contributed by atoms with Gasteiger partial charge in [0.05, 0.1) is 11.6 Å². The van der Waals surface area contributed by atoms with Gasteiger partial charge < -0.3 is 29.8 Å². The molecule has 0 bridgehead atoms. The summed E-state index contributed by atoms with van der Waals surface area (Å²) in [6.07, 6.45) is 6.33. The Bertz CT molecular complexity index is 1410. The van der Waals surface area contributed by atoms with Crippen molar-refractivity contribution < 1.29 is 37.7 Å².